The zero-order chi connectivity index (χ0) is 8.55. The number of fused-ring (bicyclic) bond motifs is 1. The molecule has 0 saturated carbocycles. The van der Waals surface area contributed by atoms with Gasteiger partial charge >= 0.3 is 0 Å². The molecule has 12 heavy (non-hydrogen) atoms. The molecule has 1 aliphatic rings. The minimum Gasteiger partial charge on any atom is -0.332 e. The van der Waals surface area contributed by atoms with E-state index < -0.39 is 0 Å². The fraction of sp³-hybridized carbons (Fsp3) is 0.667. The summed E-state index contributed by atoms with van der Waals surface area (Å²) in [6.45, 7) is 7.79. The predicted octanol–water partition coefficient (Wildman–Crippen LogP) is 1.28. The number of aromatic nitrogens is 2. The number of rotatable bonds is 1. The van der Waals surface area contributed by atoms with Crippen molar-refractivity contribution in [2.45, 2.75) is 26.4 Å². The molecular formula is C9H15N3. The third-order valence-electron chi connectivity index (χ3n) is 2.70. The van der Waals surface area contributed by atoms with Gasteiger partial charge in [0.25, 0.3) is 0 Å². The molecule has 1 atom stereocenters. The molecule has 0 radical (unpaired) electrons. The molecule has 0 N–H and O–H groups in total. The van der Waals surface area contributed by atoms with E-state index in [-0.39, 0.29) is 0 Å². The first kappa shape index (κ1) is 7.80. The molecule has 3 nitrogen and oxygen atoms in total. The van der Waals surface area contributed by atoms with Crippen LogP contribution < -0.4 is 0 Å². The second-order valence-corrected chi connectivity index (χ2v) is 3.28. The number of likely N-dealkylation sites (N-methyl/N-ethyl adjacent to an activating group) is 1. The molecule has 1 aliphatic heterocycles. The molecule has 0 aromatic carbocycles. The van der Waals surface area contributed by atoms with Crippen molar-refractivity contribution in [2.75, 3.05) is 13.1 Å². The van der Waals surface area contributed by atoms with Crippen molar-refractivity contribution in [3.63, 3.8) is 0 Å². The molecule has 2 heterocycles. The normalized spacial score (nSPS) is 24.0. The van der Waals surface area contributed by atoms with Gasteiger partial charge in [-0.15, -0.1) is 0 Å². The molecular weight excluding hydrogens is 150 g/mol. The van der Waals surface area contributed by atoms with E-state index in [1.165, 1.54) is 5.82 Å². The lowest BCUT2D eigenvalue weighted by Gasteiger charge is -2.32. The van der Waals surface area contributed by atoms with Gasteiger partial charge in [0.15, 0.2) is 0 Å². The van der Waals surface area contributed by atoms with Crippen molar-refractivity contribution in [3.8, 4) is 0 Å². The lowest BCUT2D eigenvalue weighted by atomic mass is 10.2. The van der Waals surface area contributed by atoms with Gasteiger partial charge in [0.05, 0.1) is 6.04 Å². The maximum absolute atomic E-state index is 4.36. The Morgan fingerprint density at radius 2 is 2.42 bits per heavy atom. The quantitative estimate of drug-likeness (QED) is 0.625. The molecule has 0 amide bonds. The van der Waals surface area contributed by atoms with Gasteiger partial charge in [-0.1, -0.05) is 6.92 Å². The third-order valence-corrected chi connectivity index (χ3v) is 2.70. The summed E-state index contributed by atoms with van der Waals surface area (Å²) in [6, 6.07) is 0.485. The van der Waals surface area contributed by atoms with Crippen LogP contribution in [0.5, 0.6) is 0 Å². The van der Waals surface area contributed by atoms with Gasteiger partial charge in [-0.2, -0.15) is 0 Å². The summed E-state index contributed by atoms with van der Waals surface area (Å²) in [5.74, 6) is 1.21. The van der Waals surface area contributed by atoms with E-state index >= 15 is 0 Å². The Morgan fingerprint density at radius 1 is 1.58 bits per heavy atom. The van der Waals surface area contributed by atoms with Gasteiger partial charge < -0.3 is 4.57 Å². The van der Waals surface area contributed by atoms with Gasteiger partial charge in [-0.25, -0.2) is 4.98 Å². The van der Waals surface area contributed by atoms with Gasteiger partial charge in [0.2, 0.25) is 0 Å². The van der Waals surface area contributed by atoms with Crippen molar-refractivity contribution < 1.29 is 0 Å². The summed E-state index contributed by atoms with van der Waals surface area (Å²) < 4.78 is 2.25. The van der Waals surface area contributed by atoms with E-state index in [0.717, 1.165) is 19.6 Å². The largest absolute Gasteiger partial charge is 0.332 e. The summed E-state index contributed by atoms with van der Waals surface area (Å²) in [4.78, 5) is 6.80. The van der Waals surface area contributed by atoms with E-state index in [0.29, 0.717) is 6.04 Å². The van der Waals surface area contributed by atoms with Crippen molar-refractivity contribution in [2.24, 2.45) is 0 Å². The SMILES string of the molecule is CCN1CCn2ccnc2C1C. The number of hydrogen-bond donors (Lipinski definition) is 0. The first-order valence-corrected chi connectivity index (χ1v) is 4.58. The van der Waals surface area contributed by atoms with Crippen LogP contribution in [-0.2, 0) is 6.54 Å². The molecule has 3 heteroatoms. The highest BCUT2D eigenvalue weighted by Crippen LogP contribution is 2.22. The van der Waals surface area contributed by atoms with Crippen molar-refractivity contribution >= 4 is 0 Å². The Hall–Kier alpha value is -0.830. The minimum atomic E-state index is 0.485. The molecule has 1 aromatic heterocycles. The van der Waals surface area contributed by atoms with Crippen molar-refractivity contribution in [1.82, 2.24) is 14.5 Å². The number of hydrogen-bond acceptors (Lipinski definition) is 2. The van der Waals surface area contributed by atoms with Crippen LogP contribution in [0.15, 0.2) is 12.4 Å². The Bertz CT molecular complexity index is 266. The van der Waals surface area contributed by atoms with Crippen LogP contribution in [-0.4, -0.2) is 27.5 Å². The van der Waals surface area contributed by atoms with Gasteiger partial charge in [0, 0.05) is 25.5 Å². The van der Waals surface area contributed by atoms with E-state index in [9.17, 15) is 0 Å². The lowest BCUT2D eigenvalue weighted by Crippen LogP contribution is -2.36. The first-order valence-electron chi connectivity index (χ1n) is 4.58. The topological polar surface area (TPSA) is 21.1 Å². The van der Waals surface area contributed by atoms with Crippen LogP contribution >= 0.6 is 0 Å². The van der Waals surface area contributed by atoms with Crippen LogP contribution in [0.1, 0.15) is 25.7 Å². The van der Waals surface area contributed by atoms with Gasteiger partial charge in [-0.05, 0) is 13.5 Å². The summed E-state index contributed by atoms with van der Waals surface area (Å²) in [7, 11) is 0. The monoisotopic (exact) mass is 165 g/mol. The van der Waals surface area contributed by atoms with Crippen LogP contribution in [0.25, 0.3) is 0 Å². The summed E-state index contributed by atoms with van der Waals surface area (Å²) in [5, 5.41) is 0. The number of nitrogens with zero attached hydrogens (tertiary/aromatic N) is 3. The highest BCUT2D eigenvalue weighted by molar-refractivity contribution is 5.01. The maximum Gasteiger partial charge on any atom is 0.125 e. The van der Waals surface area contributed by atoms with Gasteiger partial charge in [-0.3, -0.25) is 4.90 Å². The van der Waals surface area contributed by atoms with E-state index in [2.05, 4.69) is 34.5 Å². The minimum absolute atomic E-state index is 0.485. The standard InChI is InChI=1S/C9H15N3/c1-3-11-6-7-12-5-4-10-9(12)8(11)2/h4-5,8H,3,6-7H2,1-2H3. The molecule has 66 valence electrons. The molecule has 0 fully saturated rings. The van der Waals surface area contributed by atoms with E-state index in [1.807, 2.05) is 6.20 Å². The zero-order valence-corrected chi connectivity index (χ0v) is 7.70. The smallest absolute Gasteiger partial charge is 0.125 e. The Balaban J connectivity index is 2.29. The molecule has 1 unspecified atom stereocenters. The molecule has 0 bridgehead atoms. The van der Waals surface area contributed by atoms with Crippen LogP contribution in [0, 0.1) is 0 Å². The fourth-order valence-corrected chi connectivity index (χ4v) is 1.90. The molecule has 0 spiro atoms. The zero-order valence-electron chi connectivity index (χ0n) is 7.70. The van der Waals surface area contributed by atoms with Gasteiger partial charge in [0.1, 0.15) is 5.82 Å². The Kier molecular flexibility index (Phi) is 1.89. The summed E-state index contributed by atoms with van der Waals surface area (Å²) >= 11 is 0. The first-order chi connectivity index (χ1) is 5.83. The third kappa shape index (κ3) is 1.05. The second-order valence-electron chi connectivity index (χ2n) is 3.28. The van der Waals surface area contributed by atoms with Crippen LogP contribution in [0.3, 0.4) is 0 Å². The lowest BCUT2D eigenvalue weighted by molar-refractivity contribution is 0.174. The van der Waals surface area contributed by atoms with Crippen molar-refractivity contribution in [3.05, 3.63) is 18.2 Å². The molecule has 0 aliphatic carbocycles. The fourth-order valence-electron chi connectivity index (χ4n) is 1.90. The molecule has 1 aromatic rings. The molecule has 0 saturated heterocycles. The van der Waals surface area contributed by atoms with E-state index in [1.54, 1.807) is 0 Å². The van der Waals surface area contributed by atoms with Crippen molar-refractivity contribution in [1.29, 1.82) is 0 Å². The highest BCUT2D eigenvalue weighted by Gasteiger charge is 2.22. The average Bonchev–Trinajstić information content (AvgIpc) is 2.53. The second kappa shape index (κ2) is 2.90. The summed E-state index contributed by atoms with van der Waals surface area (Å²) in [5.41, 5.74) is 0. The highest BCUT2D eigenvalue weighted by atomic mass is 15.3. The summed E-state index contributed by atoms with van der Waals surface area (Å²) in [6.07, 6.45) is 3.96. The van der Waals surface area contributed by atoms with E-state index in [4.69, 9.17) is 0 Å². The Morgan fingerprint density at radius 3 is 3.17 bits per heavy atom. The molecule has 2 rings (SSSR count). The predicted molar refractivity (Wildman–Crippen MR) is 47.9 cm³/mol. The number of imidazole rings is 1. The average molecular weight is 165 g/mol. The van der Waals surface area contributed by atoms with Crippen LogP contribution in [0.4, 0.5) is 0 Å². The Labute approximate surface area is 73.0 Å². The maximum atomic E-state index is 4.36. The van der Waals surface area contributed by atoms with Crippen LogP contribution in [0.2, 0.25) is 0 Å².